The molecule has 154 valence electrons. The Labute approximate surface area is 178 Å². The molecule has 1 aliphatic heterocycles. The molecular formula is C24H32N4S. The summed E-state index contributed by atoms with van der Waals surface area (Å²) < 4.78 is 0. The van der Waals surface area contributed by atoms with Crippen molar-refractivity contribution in [3.8, 4) is 0 Å². The number of nitrogen functional groups attached to an aromatic ring is 1. The summed E-state index contributed by atoms with van der Waals surface area (Å²) in [7, 11) is 0. The fraction of sp³-hybridized carbons (Fsp3) is 0.333. The number of nitrogens with one attached hydrogen (secondary N) is 1. The van der Waals surface area contributed by atoms with E-state index < -0.39 is 0 Å². The summed E-state index contributed by atoms with van der Waals surface area (Å²) in [5, 5.41) is 8.93. The highest BCUT2D eigenvalue weighted by molar-refractivity contribution is 7.97. The van der Waals surface area contributed by atoms with E-state index in [9.17, 15) is 0 Å². The Bertz CT molecular complexity index is 848. The lowest BCUT2D eigenvalue weighted by Crippen LogP contribution is -2.12. The Kier molecular flexibility index (Phi) is 7.81. The fourth-order valence-corrected chi connectivity index (χ4v) is 4.57. The van der Waals surface area contributed by atoms with Crippen LogP contribution < -0.4 is 21.9 Å². The van der Waals surface area contributed by atoms with Crippen LogP contribution in [0, 0.1) is 0 Å². The normalized spacial score (nSPS) is 18.2. The summed E-state index contributed by atoms with van der Waals surface area (Å²) in [5.41, 5.74) is 18.9. The molecule has 1 heterocycles. The van der Waals surface area contributed by atoms with Gasteiger partial charge in [-0.2, -0.15) is 0 Å². The maximum Gasteiger partial charge on any atom is 0.0391 e. The molecule has 5 heteroatoms. The van der Waals surface area contributed by atoms with E-state index in [2.05, 4.69) is 60.1 Å². The third kappa shape index (κ3) is 5.24. The lowest BCUT2D eigenvalue weighted by atomic mass is 9.99. The van der Waals surface area contributed by atoms with Gasteiger partial charge in [0.2, 0.25) is 0 Å². The van der Waals surface area contributed by atoms with E-state index in [1.807, 2.05) is 0 Å². The average molecular weight is 409 g/mol. The van der Waals surface area contributed by atoms with Gasteiger partial charge in [-0.3, -0.25) is 5.14 Å². The van der Waals surface area contributed by atoms with Crippen LogP contribution in [-0.4, -0.2) is 6.54 Å². The van der Waals surface area contributed by atoms with Crippen molar-refractivity contribution in [1.82, 2.24) is 5.32 Å². The van der Waals surface area contributed by atoms with Crippen LogP contribution in [0.5, 0.6) is 0 Å². The molecule has 3 aliphatic rings. The van der Waals surface area contributed by atoms with Gasteiger partial charge >= 0.3 is 0 Å². The van der Waals surface area contributed by atoms with Gasteiger partial charge in [-0.25, -0.2) is 0 Å². The molecular weight excluding hydrogens is 376 g/mol. The van der Waals surface area contributed by atoms with Gasteiger partial charge in [0.1, 0.15) is 0 Å². The number of nitrogens with two attached hydrogens (primary N) is 3. The van der Waals surface area contributed by atoms with Gasteiger partial charge in [0.15, 0.2) is 0 Å². The minimum Gasteiger partial charge on any atom is -0.405 e. The fourth-order valence-electron chi connectivity index (χ4n) is 4.27. The number of rotatable bonds is 2. The molecule has 0 amide bonds. The Morgan fingerprint density at radius 1 is 1.10 bits per heavy atom. The van der Waals surface area contributed by atoms with Crippen LogP contribution in [-0.2, 0) is 19.3 Å². The first-order chi connectivity index (χ1) is 14.2. The molecule has 0 radical (unpaired) electrons. The molecule has 7 N–H and O–H groups in total. The van der Waals surface area contributed by atoms with Crippen molar-refractivity contribution in [2.75, 3.05) is 12.3 Å². The zero-order valence-corrected chi connectivity index (χ0v) is 17.8. The van der Waals surface area contributed by atoms with Gasteiger partial charge in [0, 0.05) is 16.6 Å². The molecule has 2 aromatic carbocycles. The first-order valence-electron chi connectivity index (χ1n) is 10.3. The number of hydrogen-bond donors (Lipinski definition) is 4. The number of benzene rings is 2. The van der Waals surface area contributed by atoms with E-state index in [0.29, 0.717) is 6.04 Å². The molecule has 5 rings (SSSR count). The topological polar surface area (TPSA) is 90.1 Å². The van der Waals surface area contributed by atoms with Crippen LogP contribution in [0.25, 0.3) is 6.08 Å². The molecule has 0 bridgehead atoms. The summed E-state index contributed by atoms with van der Waals surface area (Å²) in [5.74, 6) is 0. The summed E-state index contributed by atoms with van der Waals surface area (Å²) in [6.07, 6.45) is 12.9. The number of anilines is 1. The molecule has 0 saturated carbocycles. The minimum atomic E-state index is 0.567. The van der Waals surface area contributed by atoms with Crippen LogP contribution >= 0.6 is 11.9 Å². The SMILES string of the molecule is C=CN.NSc1ccc(C2CCCN2)cc1.Nc1c2c(cc3c1CCC3)C=CC2. The summed E-state index contributed by atoms with van der Waals surface area (Å²) in [6, 6.07) is 11.4. The molecule has 1 unspecified atom stereocenters. The van der Waals surface area contributed by atoms with Crippen molar-refractivity contribution in [3.05, 3.63) is 77.0 Å². The third-order valence-electron chi connectivity index (χ3n) is 5.69. The van der Waals surface area contributed by atoms with Crippen molar-refractivity contribution in [1.29, 1.82) is 0 Å². The van der Waals surface area contributed by atoms with Crippen molar-refractivity contribution in [2.24, 2.45) is 10.9 Å². The number of fused-ring (bicyclic) bond motifs is 2. The minimum absolute atomic E-state index is 0.567. The molecule has 29 heavy (non-hydrogen) atoms. The lowest BCUT2D eigenvalue weighted by Gasteiger charge is -2.10. The second-order valence-electron chi connectivity index (χ2n) is 7.53. The Hall–Kier alpha value is -2.21. The van der Waals surface area contributed by atoms with Gasteiger partial charge < -0.3 is 16.8 Å². The monoisotopic (exact) mass is 408 g/mol. The highest BCUT2D eigenvalue weighted by Gasteiger charge is 2.19. The predicted molar refractivity (Wildman–Crippen MR) is 126 cm³/mol. The third-order valence-corrected chi connectivity index (χ3v) is 6.23. The maximum atomic E-state index is 6.15. The van der Waals surface area contributed by atoms with Gasteiger partial charge in [0.05, 0.1) is 0 Å². The van der Waals surface area contributed by atoms with E-state index in [4.69, 9.17) is 10.9 Å². The number of hydrogen-bond acceptors (Lipinski definition) is 5. The van der Waals surface area contributed by atoms with Crippen LogP contribution in [0.3, 0.4) is 0 Å². The van der Waals surface area contributed by atoms with E-state index in [-0.39, 0.29) is 0 Å². The predicted octanol–water partition coefficient (Wildman–Crippen LogP) is 4.49. The molecule has 1 fully saturated rings. The van der Waals surface area contributed by atoms with Crippen molar-refractivity contribution in [2.45, 2.75) is 49.5 Å². The maximum absolute atomic E-state index is 6.15. The molecule has 1 atom stereocenters. The standard InChI is InChI=1S/C12H13N.C10H14N2S.C2H5N/c13-12-10-5-1-3-8(10)7-9-4-2-6-11(9)12;11-13-9-5-3-8(4-6-9)10-2-1-7-12-10;1-2-3/h1,3,7H,2,4-6,13H2;3-6,10,12H,1-2,7,11H2;2H,1,3H2. The first-order valence-corrected chi connectivity index (χ1v) is 11.2. The quantitative estimate of drug-likeness (QED) is 0.434. The number of aryl methyl sites for hydroxylation is 1. The Morgan fingerprint density at radius 2 is 1.86 bits per heavy atom. The Morgan fingerprint density at radius 3 is 2.52 bits per heavy atom. The van der Waals surface area contributed by atoms with Gasteiger partial charge in [-0.15, -0.1) is 0 Å². The Balaban J connectivity index is 0.000000146. The molecule has 0 spiro atoms. The zero-order chi connectivity index (χ0) is 20.6. The smallest absolute Gasteiger partial charge is 0.0391 e. The summed E-state index contributed by atoms with van der Waals surface area (Å²) in [6.45, 7) is 4.29. The molecule has 0 aromatic heterocycles. The molecule has 2 aliphatic carbocycles. The highest BCUT2D eigenvalue weighted by atomic mass is 32.2. The van der Waals surface area contributed by atoms with Crippen molar-refractivity contribution >= 4 is 23.7 Å². The van der Waals surface area contributed by atoms with Crippen LogP contribution in [0.1, 0.15) is 53.1 Å². The van der Waals surface area contributed by atoms with Crippen molar-refractivity contribution < 1.29 is 0 Å². The van der Waals surface area contributed by atoms with E-state index >= 15 is 0 Å². The highest BCUT2D eigenvalue weighted by Crippen LogP contribution is 2.35. The molecule has 4 nitrogen and oxygen atoms in total. The molecule has 1 saturated heterocycles. The molecule has 2 aromatic rings. The average Bonchev–Trinajstić information content (AvgIpc) is 3.51. The van der Waals surface area contributed by atoms with Gasteiger partial charge in [0.25, 0.3) is 0 Å². The number of allylic oxidation sites excluding steroid dienone is 1. The van der Waals surface area contributed by atoms with Gasteiger partial charge in [-0.05, 0) is 103 Å². The van der Waals surface area contributed by atoms with E-state index in [1.165, 1.54) is 78.1 Å². The van der Waals surface area contributed by atoms with Crippen molar-refractivity contribution in [3.63, 3.8) is 0 Å². The van der Waals surface area contributed by atoms with Crippen LogP contribution in [0.2, 0.25) is 0 Å². The van der Waals surface area contributed by atoms with E-state index in [1.54, 1.807) is 0 Å². The van der Waals surface area contributed by atoms with Crippen LogP contribution in [0.4, 0.5) is 5.69 Å². The summed E-state index contributed by atoms with van der Waals surface area (Å²) in [4.78, 5) is 1.13. The second-order valence-corrected chi connectivity index (χ2v) is 8.23. The van der Waals surface area contributed by atoms with Gasteiger partial charge in [-0.1, -0.05) is 36.9 Å². The van der Waals surface area contributed by atoms with E-state index in [0.717, 1.165) is 23.5 Å². The second kappa shape index (κ2) is 10.5. The first kappa shape index (κ1) is 21.5. The lowest BCUT2D eigenvalue weighted by molar-refractivity contribution is 0.647. The largest absolute Gasteiger partial charge is 0.405 e. The summed E-state index contributed by atoms with van der Waals surface area (Å²) >= 11 is 1.30. The zero-order valence-electron chi connectivity index (χ0n) is 17.0. The van der Waals surface area contributed by atoms with Crippen LogP contribution in [0.15, 0.2) is 54.1 Å².